The molecule has 0 bridgehead atoms. The highest BCUT2D eigenvalue weighted by molar-refractivity contribution is 5.90. The Morgan fingerprint density at radius 1 is 1.20 bits per heavy atom. The fourth-order valence-electron chi connectivity index (χ4n) is 1.99. The monoisotopic (exact) mass is 269 g/mol. The molecular weight excluding hydrogens is 258 g/mol. The molecule has 6 heteroatoms. The van der Waals surface area contributed by atoms with E-state index in [9.17, 15) is 10.1 Å². The van der Waals surface area contributed by atoms with Crippen LogP contribution < -0.4 is 5.32 Å². The van der Waals surface area contributed by atoms with Crippen LogP contribution in [0, 0.1) is 10.1 Å². The quantitative estimate of drug-likeness (QED) is 0.580. The molecular formula is C14H11N3O3. The second kappa shape index (κ2) is 5.00. The van der Waals surface area contributed by atoms with Crippen LogP contribution in [-0.2, 0) is 6.54 Å². The molecule has 0 amide bonds. The first-order valence-electron chi connectivity index (χ1n) is 6.05. The average Bonchev–Trinajstić information content (AvgIpc) is 2.94. The van der Waals surface area contributed by atoms with Gasteiger partial charge in [0, 0.05) is 11.6 Å². The first-order valence-corrected chi connectivity index (χ1v) is 6.05. The van der Waals surface area contributed by atoms with Crippen LogP contribution in [0.4, 0.5) is 11.6 Å². The zero-order valence-corrected chi connectivity index (χ0v) is 10.4. The molecule has 0 aliphatic heterocycles. The predicted octanol–water partition coefficient (Wildman–Crippen LogP) is 3.35. The molecule has 0 spiro atoms. The van der Waals surface area contributed by atoms with Gasteiger partial charge in [-0.15, -0.1) is 0 Å². The fraction of sp³-hybridized carbons (Fsp3) is 0.0714. The Bertz CT molecular complexity index is 762. The Balaban J connectivity index is 1.81. The molecule has 1 aromatic carbocycles. The van der Waals surface area contributed by atoms with E-state index in [2.05, 4.69) is 10.3 Å². The minimum absolute atomic E-state index is 0.252. The van der Waals surface area contributed by atoms with Crippen molar-refractivity contribution in [1.82, 2.24) is 4.98 Å². The van der Waals surface area contributed by atoms with Crippen LogP contribution in [0.15, 0.2) is 53.1 Å². The summed E-state index contributed by atoms with van der Waals surface area (Å²) >= 11 is 0. The lowest BCUT2D eigenvalue weighted by Crippen LogP contribution is -1.99. The van der Waals surface area contributed by atoms with Crippen LogP contribution in [0.1, 0.15) is 5.76 Å². The van der Waals surface area contributed by atoms with Crippen molar-refractivity contribution in [3.05, 3.63) is 64.5 Å². The van der Waals surface area contributed by atoms with Crippen LogP contribution in [-0.4, -0.2) is 9.91 Å². The summed E-state index contributed by atoms with van der Waals surface area (Å²) in [5.41, 5.74) is 1.72. The van der Waals surface area contributed by atoms with Crippen LogP contribution in [0.5, 0.6) is 0 Å². The van der Waals surface area contributed by atoms with Gasteiger partial charge in [0.25, 0.3) is 0 Å². The number of hydrogen-bond donors (Lipinski definition) is 1. The van der Waals surface area contributed by atoms with Crippen LogP contribution >= 0.6 is 0 Å². The molecule has 2 heterocycles. The first kappa shape index (κ1) is 12.2. The van der Waals surface area contributed by atoms with Gasteiger partial charge in [0.2, 0.25) is 0 Å². The van der Waals surface area contributed by atoms with Crippen molar-refractivity contribution in [2.45, 2.75) is 6.54 Å². The number of nitrogens with one attached hydrogen (secondary N) is 1. The van der Waals surface area contributed by atoms with E-state index in [1.165, 1.54) is 6.07 Å². The van der Waals surface area contributed by atoms with Crippen LogP contribution in [0.3, 0.4) is 0 Å². The largest absolute Gasteiger partial charge is 0.433 e. The van der Waals surface area contributed by atoms with E-state index in [0.29, 0.717) is 12.3 Å². The third kappa shape index (κ3) is 2.31. The van der Waals surface area contributed by atoms with Gasteiger partial charge in [-0.2, -0.15) is 0 Å². The van der Waals surface area contributed by atoms with Gasteiger partial charge in [0.15, 0.2) is 0 Å². The number of benzene rings is 1. The first-order chi connectivity index (χ1) is 9.74. The second-order valence-corrected chi connectivity index (χ2v) is 4.23. The Hall–Kier alpha value is -2.89. The smallest absolute Gasteiger partial charge is 0.404 e. The van der Waals surface area contributed by atoms with E-state index >= 15 is 0 Å². The molecule has 3 rings (SSSR count). The number of nitro groups is 1. The van der Waals surface area contributed by atoms with Crippen molar-refractivity contribution in [2.75, 3.05) is 5.32 Å². The number of fused-ring (bicyclic) bond motifs is 1. The summed E-state index contributed by atoms with van der Waals surface area (Å²) in [7, 11) is 0. The molecule has 0 unspecified atom stereocenters. The summed E-state index contributed by atoms with van der Waals surface area (Å²) in [6, 6.07) is 12.6. The van der Waals surface area contributed by atoms with Crippen LogP contribution in [0.2, 0.25) is 0 Å². The summed E-state index contributed by atoms with van der Waals surface area (Å²) in [4.78, 5) is 14.3. The van der Waals surface area contributed by atoms with Gasteiger partial charge < -0.3 is 9.73 Å². The number of para-hydroxylation sites is 1. The number of rotatable bonds is 4. The van der Waals surface area contributed by atoms with E-state index in [4.69, 9.17) is 4.42 Å². The van der Waals surface area contributed by atoms with E-state index < -0.39 is 4.92 Å². The van der Waals surface area contributed by atoms with Crippen molar-refractivity contribution in [3.8, 4) is 0 Å². The molecule has 0 aliphatic carbocycles. The van der Waals surface area contributed by atoms with Crippen LogP contribution in [0.25, 0.3) is 10.9 Å². The lowest BCUT2D eigenvalue weighted by atomic mass is 10.2. The summed E-state index contributed by atoms with van der Waals surface area (Å²) in [5, 5.41) is 14.8. The van der Waals surface area contributed by atoms with Crippen molar-refractivity contribution < 1.29 is 9.34 Å². The van der Waals surface area contributed by atoms with Crippen molar-refractivity contribution >= 4 is 22.5 Å². The summed E-state index contributed by atoms with van der Waals surface area (Å²) in [6.45, 7) is 0.365. The maximum absolute atomic E-state index is 10.5. The van der Waals surface area contributed by atoms with Gasteiger partial charge in [-0.25, -0.2) is 0 Å². The summed E-state index contributed by atoms with van der Waals surface area (Å²) in [5.74, 6) is 0.252. The number of pyridine rings is 1. The number of anilines is 1. The number of furan rings is 1. The molecule has 20 heavy (non-hydrogen) atoms. The Morgan fingerprint density at radius 3 is 2.85 bits per heavy atom. The van der Waals surface area contributed by atoms with E-state index in [1.807, 2.05) is 30.3 Å². The average molecular weight is 269 g/mol. The van der Waals surface area contributed by atoms with E-state index in [0.717, 1.165) is 16.6 Å². The van der Waals surface area contributed by atoms with Crippen molar-refractivity contribution in [2.24, 2.45) is 0 Å². The molecule has 0 atom stereocenters. The Kier molecular flexibility index (Phi) is 3.04. The molecule has 6 nitrogen and oxygen atoms in total. The lowest BCUT2D eigenvalue weighted by molar-refractivity contribution is -0.402. The molecule has 0 aliphatic rings. The number of nitrogens with zero attached hydrogens (tertiary/aromatic N) is 2. The van der Waals surface area contributed by atoms with Gasteiger partial charge in [-0.3, -0.25) is 15.1 Å². The molecule has 3 aromatic rings. The normalized spacial score (nSPS) is 10.6. The van der Waals surface area contributed by atoms with Gasteiger partial charge in [0.1, 0.15) is 10.7 Å². The van der Waals surface area contributed by atoms with Gasteiger partial charge in [-0.05, 0) is 18.2 Å². The van der Waals surface area contributed by atoms with Crippen molar-refractivity contribution in [3.63, 3.8) is 0 Å². The van der Waals surface area contributed by atoms with Gasteiger partial charge >= 0.3 is 5.88 Å². The maximum atomic E-state index is 10.5. The highest BCUT2D eigenvalue weighted by Gasteiger charge is 2.11. The molecule has 0 saturated carbocycles. The molecule has 0 radical (unpaired) electrons. The fourth-order valence-corrected chi connectivity index (χ4v) is 1.99. The third-order valence-corrected chi connectivity index (χ3v) is 2.91. The maximum Gasteiger partial charge on any atom is 0.433 e. The molecule has 1 N–H and O–H groups in total. The zero-order chi connectivity index (χ0) is 13.9. The topological polar surface area (TPSA) is 81.2 Å². The van der Waals surface area contributed by atoms with Gasteiger partial charge in [0.05, 0.1) is 23.8 Å². The zero-order valence-electron chi connectivity index (χ0n) is 10.4. The van der Waals surface area contributed by atoms with Crippen molar-refractivity contribution in [1.29, 1.82) is 0 Å². The lowest BCUT2D eigenvalue weighted by Gasteiger charge is -2.07. The standard InChI is InChI=1S/C14H11N3O3/c18-17(19)13-7-6-11(20-13)9-16-12-5-1-3-10-4-2-8-15-14(10)12/h1-8,16H,9H2. The molecule has 100 valence electrons. The molecule has 2 aromatic heterocycles. The SMILES string of the molecule is O=[N+]([O-])c1ccc(CNc2cccc3cccnc23)o1. The third-order valence-electron chi connectivity index (χ3n) is 2.91. The number of aromatic nitrogens is 1. The highest BCUT2D eigenvalue weighted by atomic mass is 16.6. The van der Waals surface area contributed by atoms with E-state index in [-0.39, 0.29) is 5.88 Å². The highest BCUT2D eigenvalue weighted by Crippen LogP contribution is 2.22. The van der Waals surface area contributed by atoms with Gasteiger partial charge in [-0.1, -0.05) is 18.2 Å². The summed E-state index contributed by atoms with van der Waals surface area (Å²) < 4.78 is 5.10. The minimum Gasteiger partial charge on any atom is -0.404 e. The molecule has 0 fully saturated rings. The summed E-state index contributed by atoms with van der Waals surface area (Å²) in [6.07, 6.45) is 1.73. The minimum atomic E-state index is -0.553. The second-order valence-electron chi connectivity index (χ2n) is 4.23. The predicted molar refractivity (Wildman–Crippen MR) is 74.4 cm³/mol. The number of hydrogen-bond acceptors (Lipinski definition) is 5. The Morgan fingerprint density at radius 2 is 2.05 bits per heavy atom. The Labute approximate surface area is 114 Å². The van der Waals surface area contributed by atoms with E-state index in [1.54, 1.807) is 12.3 Å². The molecule has 0 saturated heterocycles.